The van der Waals surface area contributed by atoms with E-state index in [1.807, 2.05) is 12.1 Å². The molecule has 0 amide bonds. The SMILES string of the molecule is O[C@H](CN1CCOCC1c1ncn[nH]1)c1ccc(Cl)cc1. The number of β-amino-alcohol motifs (C(OH)–C–C–N with tert-alkyl or cyclic N) is 1. The summed E-state index contributed by atoms with van der Waals surface area (Å²) >= 11 is 5.87. The van der Waals surface area contributed by atoms with Gasteiger partial charge in [0, 0.05) is 18.1 Å². The lowest BCUT2D eigenvalue weighted by atomic mass is 10.1. The summed E-state index contributed by atoms with van der Waals surface area (Å²) < 4.78 is 5.51. The second-order valence-corrected chi connectivity index (χ2v) is 5.46. The molecule has 112 valence electrons. The molecule has 0 bridgehead atoms. The zero-order valence-corrected chi connectivity index (χ0v) is 12.2. The minimum Gasteiger partial charge on any atom is -0.387 e. The summed E-state index contributed by atoms with van der Waals surface area (Å²) in [5.41, 5.74) is 0.849. The van der Waals surface area contributed by atoms with Crippen LogP contribution >= 0.6 is 11.6 Å². The molecule has 2 aromatic rings. The van der Waals surface area contributed by atoms with E-state index in [4.69, 9.17) is 16.3 Å². The van der Waals surface area contributed by atoms with Crippen molar-refractivity contribution in [3.63, 3.8) is 0 Å². The van der Waals surface area contributed by atoms with Crippen LogP contribution < -0.4 is 0 Å². The Morgan fingerprint density at radius 1 is 1.43 bits per heavy atom. The fourth-order valence-corrected chi connectivity index (χ4v) is 2.62. The average Bonchev–Trinajstić information content (AvgIpc) is 3.02. The Labute approximate surface area is 127 Å². The largest absolute Gasteiger partial charge is 0.387 e. The standard InChI is InChI=1S/C14H17ClN4O2/c15-11-3-1-10(2-4-11)13(20)7-19-5-6-21-8-12(19)14-16-9-17-18-14/h1-4,9,12-13,20H,5-8H2,(H,16,17,18)/t12?,13-/m1/s1. The molecule has 0 aliphatic carbocycles. The van der Waals surface area contributed by atoms with Gasteiger partial charge in [-0.1, -0.05) is 23.7 Å². The van der Waals surface area contributed by atoms with Gasteiger partial charge in [-0.2, -0.15) is 5.10 Å². The van der Waals surface area contributed by atoms with Crippen LogP contribution in [0, 0.1) is 0 Å². The summed E-state index contributed by atoms with van der Waals surface area (Å²) in [6.07, 6.45) is 0.906. The van der Waals surface area contributed by atoms with E-state index in [1.165, 1.54) is 6.33 Å². The monoisotopic (exact) mass is 308 g/mol. The van der Waals surface area contributed by atoms with Crippen molar-refractivity contribution in [2.24, 2.45) is 0 Å². The number of morpholine rings is 1. The number of aliphatic hydroxyl groups excluding tert-OH is 1. The first-order chi connectivity index (χ1) is 10.2. The predicted octanol–water partition coefficient (Wildman–Crippen LogP) is 1.56. The van der Waals surface area contributed by atoms with Crippen molar-refractivity contribution in [1.29, 1.82) is 0 Å². The summed E-state index contributed by atoms with van der Waals surface area (Å²) in [6.45, 7) is 2.45. The number of nitrogens with zero attached hydrogens (tertiary/aromatic N) is 3. The van der Waals surface area contributed by atoms with Crippen molar-refractivity contribution in [1.82, 2.24) is 20.1 Å². The molecule has 2 heterocycles. The molecule has 2 N–H and O–H groups in total. The second kappa shape index (κ2) is 6.53. The zero-order chi connectivity index (χ0) is 14.7. The van der Waals surface area contributed by atoms with E-state index in [0.717, 1.165) is 17.9 Å². The topological polar surface area (TPSA) is 74.3 Å². The highest BCUT2D eigenvalue weighted by atomic mass is 35.5. The van der Waals surface area contributed by atoms with Gasteiger partial charge in [-0.3, -0.25) is 10.00 Å². The number of rotatable bonds is 4. The maximum absolute atomic E-state index is 10.4. The van der Waals surface area contributed by atoms with Crippen LogP contribution in [-0.4, -0.2) is 51.5 Å². The Morgan fingerprint density at radius 2 is 2.24 bits per heavy atom. The maximum atomic E-state index is 10.4. The summed E-state index contributed by atoms with van der Waals surface area (Å²) in [6, 6.07) is 7.25. The third kappa shape index (κ3) is 3.41. The molecular formula is C14H17ClN4O2. The van der Waals surface area contributed by atoms with Crippen LogP contribution in [0.5, 0.6) is 0 Å². The molecule has 0 radical (unpaired) electrons. The maximum Gasteiger partial charge on any atom is 0.143 e. The molecule has 7 heteroatoms. The molecule has 1 unspecified atom stereocenters. The van der Waals surface area contributed by atoms with Gasteiger partial charge < -0.3 is 9.84 Å². The first-order valence-corrected chi connectivity index (χ1v) is 7.22. The average molecular weight is 309 g/mol. The van der Waals surface area contributed by atoms with Crippen molar-refractivity contribution in [3.05, 3.63) is 47.0 Å². The Bertz CT molecular complexity index is 561. The number of aromatic amines is 1. The smallest absolute Gasteiger partial charge is 0.143 e. The lowest BCUT2D eigenvalue weighted by molar-refractivity contribution is -0.0306. The van der Waals surface area contributed by atoms with Gasteiger partial charge in [-0.25, -0.2) is 4.98 Å². The van der Waals surface area contributed by atoms with Gasteiger partial charge in [-0.05, 0) is 17.7 Å². The summed E-state index contributed by atoms with van der Waals surface area (Å²) in [4.78, 5) is 6.35. The number of hydrogen-bond donors (Lipinski definition) is 2. The molecule has 1 fully saturated rings. The van der Waals surface area contributed by atoms with E-state index in [9.17, 15) is 5.11 Å². The van der Waals surface area contributed by atoms with Crippen molar-refractivity contribution < 1.29 is 9.84 Å². The van der Waals surface area contributed by atoms with Crippen LogP contribution in [0.25, 0.3) is 0 Å². The number of H-pyrrole nitrogens is 1. The number of nitrogens with one attached hydrogen (secondary N) is 1. The molecule has 1 aliphatic heterocycles. The number of aliphatic hydroxyl groups is 1. The molecule has 2 atom stereocenters. The van der Waals surface area contributed by atoms with Crippen molar-refractivity contribution in [2.75, 3.05) is 26.3 Å². The Kier molecular flexibility index (Phi) is 4.50. The highest BCUT2D eigenvalue weighted by Gasteiger charge is 2.28. The second-order valence-electron chi connectivity index (χ2n) is 5.02. The van der Waals surface area contributed by atoms with Crippen LogP contribution in [0.4, 0.5) is 0 Å². The number of halogens is 1. The molecule has 1 aromatic carbocycles. The van der Waals surface area contributed by atoms with E-state index in [0.29, 0.717) is 24.8 Å². The molecule has 1 aliphatic rings. The van der Waals surface area contributed by atoms with Crippen molar-refractivity contribution in [3.8, 4) is 0 Å². The van der Waals surface area contributed by atoms with E-state index in [1.54, 1.807) is 12.1 Å². The Hall–Kier alpha value is -1.47. The minimum atomic E-state index is -0.578. The highest BCUT2D eigenvalue weighted by molar-refractivity contribution is 6.30. The lowest BCUT2D eigenvalue weighted by Crippen LogP contribution is -2.42. The lowest BCUT2D eigenvalue weighted by Gasteiger charge is -2.35. The van der Waals surface area contributed by atoms with Gasteiger partial charge in [0.2, 0.25) is 0 Å². The van der Waals surface area contributed by atoms with Gasteiger partial charge in [0.05, 0.1) is 25.4 Å². The van der Waals surface area contributed by atoms with Crippen LogP contribution in [0.2, 0.25) is 5.02 Å². The van der Waals surface area contributed by atoms with Crippen LogP contribution in [0.1, 0.15) is 23.5 Å². The van der Waals surface area contributed by atoms with Gasteiger partial charge in [0.25, 0.3) is 0 Å². The first-order valence-electron chi connectivity index (χ1n) is 6.84. The van der Waals surface area contributed by atoms with E-state index in [-0.39, 0.29) is 6.04 Å². The van der Waals surface area contributed by atoms with Crippen LogP contribution in [0.3, 0.4) is 0 Å². The molecular weight excluding hydrogens is 292 g/mol. The predicted molar refractivity (Wildman–Crippen MR) is 77.9 cm³/mol. The quantitative estimate of drug-likeness (QED) is 0.897. The number of benzene rings is 1. The normalized spacial score (nSPS) is 21.3. The third-order valence-electron chi connectivity index (χ3n) is 3.65. The van der Waals surface area contributed by atoms with Crippen LogP contribution in [0.15, 0.2) is 30.6 Å². The molecule has 21 heavy (non-hydrogen) atoms. The van der Waals surface area contributed by atoms with E-state index >= 15 is 0 Å². The highest BCUT2D eigenvalue weighted by Crippen LogP contribution is 2.25. The first kappa shape index (κ1) is 14.5. The molecule has 0 spiro atoms. The fourth-order valence-electron chi connectivity index (χ4n) is 2.50. The molecule has 3 rings (SSSR count). The molecule has 1 saturated heterocycles. The zero-order valence-electron chi connectivity index (χ0n) is 11.4. The number of hydrogen-bond acceptors (Lipinski definition) is 5. The van der Waals surface area contributed by atoms with Crippen molar-refractivity contribution in [2.45, 2.75) is 12.1 Å². The number of ether oxygens (including phenoxy) is 1. The van der Waals surface area contributed by atoms with Gasteiger partial charge in [0.1, 0.15) is 12.2 Å². The molecule has 1 aromatic heterocycles. The van der Waals surface area contributed by atoms with Gasteiger partial charge >= 0.3 is 0 Å². The van der Waals surface area contributed by atoms with E-state index in [2.05, 4.69) is 20.1 Å². The third-order valence-corrected chi connectivity index (χ3v) is 3.90. The summed E-state index contributed by atoms with van der Waals surface area (Å²) in [5, 5.41) is 17.8. The molecule has 0 saturated carbocycles. The Morgan fingerprint density at radius 3 is 2.95 bits per heavy atom. The minimum absolute atomic E-state index is 0.0109. The van der Waals surface area contributed by atoms with Crippen LogP contribution in [-0.2, 0) is 4.74 Å². The Balaban J connectivity index is 1.71. The molecule has 6 nitrogen and oxygen atoms in total. The van der Waals surface area contributed by atoms with Gasteiger partial charge in [-0.15, -0.1) is 0 Å². The van der Waals surface area contributed by atoms with Crippen molar-refractivity contribution >= 4 is 11.6 Å². The summed E-state index contributed by atoms with van der Waals surface area (Å²) in [7, 11) is 0. The summed E-state index contributed by atoms with van der Waals surface area (Å²) in [5.74, 6) is 0.762. The van der Waals surface area contributed by atoms with Gasteiger partial charge in [0.15, 0.2) is 0 Å². The van der Waals surface area contributed by atoms with E-state index < -0.39 is 6.10 Å². The fraction of sp³-hybridized carbons (Fsp3) is 0.429. The number of aromatic nitrogens is 3.